The molecular formula is C11H15N. The fraction of sp³-hybridized carbons (Fsp3) is 0.545. The van der Waals surface area contributed by atoms with Gasteiger partial charge in [-0.25, -0.2) is 0 Å². The maximum Gasteiger partial charge on any atom is 0.0747 e. The second kappa shape index (κ2) is 2.89. The van der Waals surface area contributed by atoms with E-state index in [1.54, 1.807) is 0 Å². The van der Waals surface area contributed by atoms with Crippen molar-refractivity contribution < 1.29 is 0 Å². The Kier molecular flexibility index (Phi) is 1.87. The van der Waals surface area contributed by atoms with E-state index < -0.39 is 0 Å². The molecule has 1 heteroatoms. The number of nitrogens with zero attached hydrogens (tertiary/aromatic N) is 1. The average Bonchev–Trinajstić information content (AvgIpc) is 2.49. The van der Waals surface area contributed by atoms with Crippen molar-refractivity contribution >= 4 is 6.21 Å². The molecule has 0 aromatic rings. The SMILES string of the molecule is CC(C)C1=CC2N=CCC2C=C1. The Labute approximate surface area is 73.9 Å². The summed E-state index contributed by atoms with van der Waals surface area (Å²) >= 11 is 0. The van der Waals surface area contributed by atoms with Gasteiger partial charge in [0, 0.05) is 12.1 Å². The van der Waals surface area contributed by atoms with Crippen LogP contribution in [0.5, 0.6) is 0 Å². The van der Waals surface area contributed by atoms with E-state index in [0.29, 0.717) is 17.9 Å². The molecule has 0 bridgehead atoms. The normalized spacial score (nSPS) is 32.4. The molecule has 0 aromatic carbocycles. The third-order valence-corrected chi connectivity index (χ3v) is 2.66. The molecule has 0 saturated heterocycles. The van der Waals surface area contributed by atoms with E-state index in [2.05, 4.69) is 43.3 Å². The minimum absolute atomic E-state index is 0.451. The van der Waals surface area contributed by atoms with Crippen molar-refractivity contribution in [3.8, 4) is 0 Å². The van der Waals surface area contributed by atoms with Crippen molar-refractivity contribution in [2.75, 3.05) is 0 Å². The van der Waals surface area contributed by atoms with Crippen LogP contribution in [0.2, 0.25) is 0 Å². The van der Waals surface area contributed by atoms with Gasteiger partial charge >= 0.3 is 0 Å². The van der Waals surface area contributed by atoms with E-state index in [4.69, 9.17) is 0 Å². The lowest BCUT2D eigenvalue weighted by atomic mass is 9.88. The summed E-state index contributed by atoms with van der Waals surface area (Å²) in [5.74, 6) is 1.30. The second-order valence-electron chi connectivity index (χ2n) is 3.90. The molecule has 2 atom stereocenters. The molecule has 0 N–H and O–H groups in total. The molecule has 64 valence electrons. The van der Waals surface area contributed by atoms with Crippen LogP contribution in [0.4, 0.5) is 0 Å². The Balaban J connectivity index is 2.20. The van der Waals surface area contributed by atoms with Crippen LogP contribution in [0.25, 0.3) is 0 Å². The van der Waals surface area contributed by atoms with Crippen LogP contribution < -0.4 is 0 Å². The summed E-state index contributed by atoms with van der Waals surface area (Å²) in [5, 5.41) is 0. The molecule has 1 aliphatic carbocycles. The summed E-state index contributed by atoms with van der Waals surface area (Å²) in [5.41, 5.74) is 1.44. The highest BCUT2D eigenvalue weighted by Crippen LogP contribution is 2.28. The Morgan fingerprint density at radius 1 is 1.50 bits per heavy atom. The molecule has 0 amide bonds. The molecule has 1 nitrogen and oxygen atoms in total. The van der Waals surface area contributed by atoms with Gasteiger partial charge in [-0.05, 0) is 17.9 Å². The lowest BCUT2D eigenvalue weighted by molar-refractivity contribution is 0.618. The third-order valence-electron chi connectivity index (χ3n) is 2.66. The van der Waals surface area contributed by atoms with Gasteiger partial charge in [0.1, 0.15) is 0 Å². The van der Waals surface area contributed by atoms with Crippen LogP contribution in [0, 0.1) is 11.8 Å². The highest BCUT2D eigenvalue weighted by Gasteiger charge is 2.23. The fourth-order valence-electron chi connectivity index (χ4n) is 1.79. The number of hydrogen-bond donors (Lipinski definition) is 0. The standard InChI is InChI=1S/C11H15N/c1-8(2)10-4-3-9-5-6-12-11(9)7-10/h3-4,6-9,11H,5H2,1-2H3. The molecule has 1 heterocycles. The molecule has 0 aromatic heterocycles. The number of fused-ring (bicyclic) bond motifs is 1. The van der Waals surface area contributed by atoms with E-state index in [-0.39, 0.29) is 0 Å². The van der Waals surface area contributed by atoms with E-state index in [9.17, 15) is 0 Å². The summed E-state index contributed by atoms with van der Waals surface area (Å²) in [7, 11) is 0. The Morgan fingerprint density at radius 2 is 2.33 bits per heavy atom. The number of rotatable bonds is 1. The minimum atomic E-state index is 0.451. The van der Waals surface area contributed by atoms with Crippen LogP contribution in [0.15, 0.2) is 28.8 Å². The average molecular weight is 161 g/mol. The van der Waals surface area contributed by atoms with Crippen LogP contribution in [0.3, 0.4) is 0 Å². The van der Waals surface area contributed by atoms with Crippen LogP contribution in [0.1, 0.15) is 20.3 Å². The smallest absolute Gasteiger partial charge is 0.0747 e. The zero-order chi connectivity index (χ0) is 8.55. The van der Waals surface area contributed by atoms with Crippen molar-refractivity contribution in [1.82, 2.24) is 0 Å². The van der Waals surface area contributed by atoms with Crippen molar-refractivity contribution in [3.05, 3.63) is 23.8 Å². The van der Waals surface area contributed by atoms with Gasteiger partial charge < -0.3 is 0 Å². The third kappa shape index (κ3) is 1.24. The van der Waals surface area contributed by atoms with Crippen molar-refractivity contribution in [3.63, 3.8) is 0 Å². The second-order valence-corrected chi connectivity index (χ2v) is 3.90. The first-order valence-electron chi connectivity index (χ1n) is 4.69. The van der Waals surface area contributed by atoms with E-state index >= 15 is 0 Å². The monoisotopic (exact) mass is 161 g/mol. The van der Waals surface area contributed by atoms with E-state index in [1.807, 2.05) is 0 Å². The summed E-state index contributed by atoms with van der Waals surface area (Å²) in [6, 6.07) is 0.451. The Bertz CT molecular complexity index is 258. The maximum absolute atomic E-state index is 4.44. The van der Waals surface area contributed by atoms with Crippen LogP contribution in [-0.4, -0.2) is 12.3 Å². The molecule has 12 heavy (non-hydrogen) atoms. The van der Waals surface area contributed by atoms with Crippen LogP contribution >= 0.6 is 0 Å². The van der Waals surface area contributed by atoms with Gasteiger partial charge in [-0.15, -0.1) is 0 Å². The number of hydrogen-bond acceptors (Lipinski definition) is 1. The Hall–Kier alpha value is -0.850. The molecule has 0 fully saturated rings. The van der Waals surface area contributed by atoms with E-state index in [0.717, 1.165) is 6.42 Å². The predicted molar refractivity (Wildman–Crippen MR) is 52.4 cm³/mol. The van der Waals surface area contributed by atoms with Gasteiger partial charge in [0.05, 0.1) is 6.04 Å². The number of allylic oxidation sites excluding steroid dienone is 2. The van der Waals surface area contributed by atoms with Gasteiger partial charge in [-0.3, -0.25) is 4.99 Å². The predicted octanol–water partition coefficient (Wildman–Crippen LogP) is 2.60. The maximum atomic E-state index is 4.44. The number of aliphatic imine (C=N–C) groups is 1. The van der Waals surface area contributed by atoms with E-state index in [1.165, 1.54) is 5.57 Å². The largest absolute Gasteiger partial charge is 0.289 e. The quantitative estimate of drug-likeness (QED) is 0.560. The molecule has 2 rings (SSSR count). The minimum Gasteiger partial charge on any atom is -0.289 e. The Morgan fingerprint density at radius 3 is 3.08 bits per heavy atom. The first-order valence-corrected chi connectivity index (χ1v) is 4.69. The molecule has 1 aliphatic heterocycles. The summed E-state index contributed by atoms with van der Waals surface area (Å²) < 4.78 is 0. The van der Waals surface area contributed by atoms with Crippen LogP contribution in [-0.2, 0) is 0 Å². The first-order chi connectivity index (χ1) is 5.77. The molecule has 2 aliphatic rings. The lowest BCUT2D eigenvalue weighted by Crippen LogP contribution is -2.14. The summed E-state index contributed by atoms with van der Waals surface area (Å²) in [6.45, 7) is 4.46. The molecule has 0 spiro atoms. The topological polar surface area (TPSA) is 12.4 Å². The highest BCUT2D eigenvalue weighted by molar-refractivity contribution is 5.62. The van der Waals surface area contributed by atoms with Gasteiger partial charge in [0.2, 0.25) is 0 Å². The molecule has 0 saturated carbocycles. The van der Waals surface area contributed by atoms with Crippen molar-refractivity contribution in [1.29, 1.82) is 0 Å². The zero-order valence-electron chi connectivity index (χ0n) is 7.70. The van der Waals surface area contributed by atoms with Gasteiger partial charge in [-0.1, -0.05) is 32.1 Å². The van der Waals surface area contributed by atoms with Crippen molar-refractivity contribution in [2.45, 2.75) is 26.3 Å². The highest BCUT2D eigenvalue weighted by atomic mass is 14.8. The first kappa shape index (κ1) is 7.78. The van der Waals surface area contributed by atoms with Crippen molar-refractivity contribution in [2.24, 2.45) is 16.8 Å². The summed E-state index contributed by atoms with van der Waals surface area (Å²) in [4.78, 5) is 4.44. The summed E-state index contributed by atoms with van der Waals surface area (Å²) in [6.07, 6.45) is 10.1. The molecule has 2 unspecified atom stereocenters. The zero-order valence-corrected chi connectivity index (χ0v) is 7.70. The lowest BCUT2D eigenvalue weighted by Gasteiger charge is -2.19. The van der Waals surface area contributed by atoms with Gasteiger partial charge in [0.25, 0.3) is 0 Å². The molecule has 0 radical (unpaired) electrons. The fourth-order valence-corrected chi connectivity index (χ4v) is 1.79. The molecular weight excluding hydrogens is 146 g/mol. The van der Waals surface area contributed by atoms with Gasteiger partial charge in [0.15, 0.2) is 0 Å². The van der Waals surface area contributed by atoms with Gasteiger partial charge in [-0.2, -0.15) is 0 Å².